The highest BCUT2D eigenvalue weighted by Gasteiger charge is 2.33. The maximum Gasteiger partial charge on any atom is 0.225 e. The zero-order chi connectivity index (χ0) is 15.7. The van der Waals surface area contributed by atoms with Crippen LogP contribution in [0.1, 0.15) is 12.0 Å². The minimum absolute atomic E-state index is 0.211. The van der Waals surface area contributed by atoms with Gasteiger partial charge in [-0.05, 0) is 18.5 Å². The molecular weight excluding hydrogens is 335 g/mol. The number of nitrogens with one attached hydrogen (secondary N) is 2. The lowest BCUT2D eigenvalue weighted by Crippen LogP contribution is -2.54. The first kappa shape index (κ1) is 18.5. The van der Waals surface area contributed by atoms with E-state index in [2.05, 4.69) is 10.6 Å². The molecule has 0 spiro atoms. The van der Waals surface area contributed by atoms with Gasteiger partial charge in [0, 0.05) is 13.7 Å². The molecule has 1 amide bonds. The van der Waals surface area contributed by atoms with Gasteiger partial charge < -0.3 is 10.1 Å². The second-order valence-corrected chi connectivity index (χ2v) is 6.87. The van der Waals surface area contributed by atoms with Gasteiger partial charge in [0.25, 0.3) is 0 Å². The molecule has 0 saturated heterocycles. The first-order chi connectivity index (χ1) is 9.93. The van der Waals surface area contributed by atoms with Gasteiger partial charge in [0.2, 0.25) is 9.70 Å². The highest BCUT2D eigenvalue weighted by atomic mass is 35.6. The summed E-state index contributed by atoms with van der Waals surface area (Å²) in [5.41, 5.74) is 0.900. The number of amides is 1. The predicted molar refractivity (Wildman–Crippen MR) is 86.9 cm³/mol. The predicted octanol–water partition coefficient (Wildman–Crippen LogP) is 2.67. The van der Waals surface area contributed by atoms with E-state index in [4.69, 9.17) is 39.5 Å². The van der Waals surface area contributed by atoms with Gasteiger partial charge >= 0.3 is 0 Å². The van der Waals surface area contributed by atoms with Crippen molar-refractivity contribution in [3.05, 3.63) is 35.9 Å². The maximum absolute atomic E-state index is 12.0. The maximum atomic E-state index is 12.0. The van der Waals surface area contributed by atoms with Crippen molar-refractivity contribution in [2.24, 2.45) is 0 Å². The van der Waals surface area contributed by atoms with Crippen LogP contribution in [0, 0.1) is 0 Å². The number of ether oxygens (including phenoxy) is 1. The van der Waals surface area contributed by atoms with Gasteiger partial charge in [-0.1, -0.05) is 65.1 Å². The van der Waals surface area contributed by atoms with E-state index in [0.29, 0.717) is 13.2 Å². The van der Waals surface area contributed by atoms with Crippen LogP contribution < -0.4 is 10.6 Å². The fourth-order valence-electron chi connectivity index (χ4n) is 1.70. The molecule has 118 valence electrons. The summed E-state index contributed by atoms with van der Waals surface area (Å²) in [6, 6.07) is 9.38. The molecule has 0 aliphatic heterocycles. The molecule has 0 radical (unpaired) electrons. The van der Waals surface area contributed by atoms with Gasteiger partial charge in [0.05, 0.1) is 6.42 Å². The van der Waals surface area contributed by atoms with E-state index in [1.54, 1.807) is 7.11 Å². The van der Waals surface area contributed by atoms with Crippen molar-refractivity contribution in [3.63, 3.8) is 0 Å². The number of rotatable bonds is 8. The zero-order valence-corrected chi connectivity index (χ0v) is 14.0. The third-order valence-corrected chi connectivity index (χ3v) is 3.37. The number of carbonyl (C=O) groups excluding carboxylic acids is 1. The lowest BCUT2D eigenvalue weighted by molar-refractivity contribution is -0.121. The molecule has 0 unspecified atom stereocenters. The summed E-state index contributed by atoms with van der Waals surface area (Å²) in [7, 11) is 1.62. The molecule has 1 rings (SSSR count). The fraction of sp³-hybridized carbons (Fsp3) is 0.500. The normalized spacial score (nSPS) is 13.0. The Kier molecular flexibility index (Phi) is 8.37. The van der Waals surface area contributed by atoms with E-state index < -0.39 is 9.96 Å². The van der Waals surface area contributed by atoms with Crippen LogP contribution in [0.5, 0.6) is 0 Å². The van der Waals surface area contributed by atoms with Crippen molar-refractivity contribution in [1.82, 2.24) is 10.6 Å². The van der Waals surface area contributed by atoms with Crippen molar-refractivity contribution in [2.75, 3.05) is 20.3 Å². The topological polar surface area (TPSA) is 50.4 Å². The molecule has 21 heavy (non-hydrogen) atoms. The second kappa shape index (κ2) is 9.49. The number of hydrogen-bond acceptors (Lipinski definition) is 3. The molecule has 0 aliphatic rings. The molecule has 1 atom stereocenters. The molecule has 1 aromatic carbocycles. The number of alkyl halides is 3. The summed E-state index contributed by atoms with van der Waals surface area (Å²) < 4.78 is 3.32. The summed E-state index contributed by atoms with van der Waals surface area (Å²) >= 11 is 17.6. The molecule has 0 heterocycles. The lowest BCUT2D eigenvalue weighted by atomic mass is 10.1. The van der Waals surface area contributed by atoms with Gasteiger partial charge in [0.1, 0.15) is 6.17 Å². The summed E-state index contributed by atoms with van der Waals surface area (Å²) in [4.78, 5) is 12.0. The third-order valence-electron chi connectivity index (χ3n) is 2.71. The Morgan fingerprint density at radius 1 is 1.29 bits per heavy atom. The van der Waals surface area contributed by atoms with Crippen molar-refractivity contribution in [1.29, 1.82) is 0 Å². The quantitative estimate of drug-likeness (QED) is 0.429. The number of hydrogen-bond donors (Lipinski definition) is 2. The van der Waals surface area contributed by atoms with Crippen LogP contribution in [0.15, 0.2) is 30.3 Å². The van der Waals surface area contributed by atoms with Crippen molar-refractivity contribution in [3.8, 4) is 0 Å². The van der Waals surface area contributed by atoms with Gasteiger partial charge in [-0.15, -0.1) is 0 Å². The SMILES string of the molecule is COCCCN[C@@H](NC(=O)Cc1ccccc1)C(Cl)(Cl)Cl. The Morgan fingerprint density at radius 3 is 2.52 bits per heavy atom. The minimum Gasteiger partial charge on any atom is -0.385 e. The van der Waals surface area contributed by atoms with E-state index >= 15 is 0 Å². The van der Waals surface area contributed by atoms with Crippen LogP contribution in [0.3, 0.4) is 0 Å². The molecule has 0 fully saturated rings. The molecule has 2 N–H and O–H groups in total. The van der Waals surface area contributed by atoms with E-state index in [1.807, 2.05) is 30.3 Å². The molecule has 7 heteroatoms. The monoisotopic (exact) mass is 352 g/mol. The van der Waals surface area contributed by atoms with E-state index in [9.17, 15) is 4.79 Å². The largest absolute Gasteiger partial charge is 0.385 e. The molecule has 1 aromatic rings. The van der Waals surface area contributed by atoms with Gasteiger partial charge in [-0.3, -0.25) is 10.1 Å². The highest BCUT2D eigenvalue weighted by Crippen LogP contribution is 2.29. The van der Waals surface area contributed by atoms with E-state index in [1.165, 1.54) is 0 Å². The van der Waals surface area contributed by atoms with Gasteiger partial charge in [-0.25, -0.2) is 0 Å². The Bertz CT molecular complexity index is 424. The number of methoxy groups -OCH3 is 1. The standard InChI is InChI=1S/C14H19Cl3N2O2/c1-21-9-5-8-18-13(14(15,16)17)19-12(20)10-11-6-3-2-4-7-11/h2-4,6-7,13,18H,5,8-10H2,1H3,(H,19,20)/t13-/m0/s1. The van der Waals surface area contributed by atoms with Gasteiger partial charge in [-0.2, -0.15) is 0 Å². The molecule has 0 aliphatic carbocycles. The number of carbonyl (C=O) groups is 1. The number of halogens is 3. The zero-order valence-electron chi connectivity index (χ0n) is 11.7. The highest BCUT2D eigenvalue weighted by molar-refractivity contribution is 6.68. The first-order valence-electron chi connectivity index (χ1n) is 6.56. The van der Waals surface area contributed by atoms with Crippen LogP contribution in [0.2, 0.25) is 0 Å². The number of benzene rings is 1. The second-order valence-electron chi connectivity index (χ2n) is 4.50. The molecule has 0 saturated carbocycles. The molecule has 0 aromatic heterocycles. The molecule has 0 bridgehead atoms. The van der Waals surface area contributed by atoms with Crippen molar-refractivity contribution < 1.29 is 9.53 Å². The average Bonchev–Trinajstić information content (AvgIpc) is 2.42. The summed E-state index contributed by atoms with van der Waals surface area (Å²) in [6.45, 7) is 1.16. The minimum atomic E-state index is -1.63. The van der Waals surface area contributed by atoms with Crippen LogP contribution >= 0.6 is 34.8 Å². The van der Waals surface area contributed by atoms with E-state index in [0.717, 1.165) is 12.0 Å². The van der Waals surface area contributed by atoms with Crippen molar-refractivity contribution >= 4 is 40.7 Å². The third kappa shape index (κ3) is 7.88. The van der Waals surface area contributed by atoms with Gasteiger partial charge in [0.15, 0.2) is 0 Å². The fourth-order valence-corrected chi connectivity index (χ4v) is 2.10. The summed E-state index contributed by atoms with van der Waals surface area (Å²) in [5, 5.41) is 5.70. The van der Waals surface area contributed by atoms with Crippen molar-refractivity contribution in [2.45, 2.75) is 22.8 Å². The lowest BCUT2D eigenvalue weighted by Gasteiger charge is -2.26. The van der Waals surface area contributed by atoms with Crippen LogP contribution in [-0.4, -0.2) is 36.1 Å². The molecular formula is C14H19Cl3N2O2. The summed E-state index contributed by atoms with van der Waals surface area (Å²) in [5.74, 6) is -0.211. The Labute approximate surface area is 140 Å². The smallest absolute Gasteiger partial charge is 0.225 e. The summed E-state index contributed by atoms with van der Waals surface area (Å²) in [6.07, 6.45) is 0.232. The first-order valence-corrected chi connectivity index (χ1v) is 7.69. The van der Waals surface area contributed by atoms with Crippen LogP contribution in [0.25, 0.3) is 0 Å². The average molecular weight is 354 g/mol. The molecule has 4 nitrogen and oxygen atoms in total. The Balaban J connectivity index is 2.49. The Hall–Kier alpha value is -0.520. The van der Waals surface area contributed by atoms with E-state index in [-0.39, 0.29) is 12.3 Å². The van der Waals surface area contributed by atoms with Crippen LogP contribution in [-0.2, 0) is 16.0 Å². The Morgan fingerprint density at radius 2 is 1.95 bits per heavy atom. The van der Waals surface area contributed by atoms with Crippen LogP contribution in [0.4, 0.5) is 0 Å².